The number of hydrogen-bond donors (Lipinski definition) is 2. The Kier molecular flexibility index (Phi) is 5.00. The molecule has 2 rings (SSSR count). The number of anilines is 1. The third kappa shape index (κ3) is 3.83. The number of sulfone groups is 1. The molecule has 1 aliphatic rings. The lowest BCUT2D eigenvalue weighted by Crippen LogP contribution is -2.35. The summed E-state index contributed by atoms with van der Waals surface area (Å²) in [5.41, 5.74) is 6.10. The predicted molar refractivity (Wildman–Crippen MR) is 82.7 cm³/mol. The lowest BCUT2D eigenvalue weighted by molar-refractivity contribution is -0.122. The fourth-order valence-corrected chi connectivity index (χ4v) is 3.80. The van der Waals surface area contributed by atoms with E-state index in [-0.39, 0.29) is 22.6 Å². The lowest BCUT2D eigenvalue weighted by atomic mass is 9.78. The Morgan fingerprint density at radius 1 is 1.29 bits per heavy atom. The Balaban J connectivity index is 2.20. The van der Waals surface area contributed by atoms with Crippen molar-refractivity contribution in [3.63, 3.8) is 0 Å². The normalized spacial score (nSPS) is 22.8. The molecule has 0 heterocycles. The number of benzene rings is 1. The molecule has 1 aromatic carbocycles. The summed E-state index contributed by atoms with van der Waals surface area (Å²) in [5.74, 6) is -0.0678. The number of carbonyl (C=O) groups is 1. The molecule has 1 fully saturated rings. The highest BCUT2D eigenvalue weighted by molar-refractivity contribution is 7.90. The Morgan fingerprint density at radius 3 is 2.62 bits per heavy atom. The molecule has 6 heteroatoms. The monoisotopic (exact) mass is 310 g/mol. The van der Waals surface area contributed by atoms with Crippen LogP contribution in [0.25, 0.3) is 0 Å². The largest absolute Gasteiger partial charge is 0.330 e. The zero-order valence-corrected chi connectivity index (χ0v) is 13.0. The molecule has 0 radical (unpaired) electrons. The summed E-state index contributed by atoms with van der Waals surface area (Å²) >= 11 is 0. The summed E-state index contributed by atoms with van der Waals surface area (Å²) in [4.78, 5) is 12.6. The predicted octanol–water partition coefficient (Wildman–Crippen LogP) is 1.79. The van der Waals surface area contributed by atoms with Crippen molar-refractivity contribution in [3.05, 3.63) is 24.3 Å². The van der Waals surface area contributed by atoms with E-state index in [0.29, 0.717) is 12.2 Å². The van der Waals surface area contributed by atoms with Crippen molar-refractivity contribution in [2.75, 3.05) is 18.1 Å². The molecule has 1 aromatic rings. The highest BCUT2D eigenvalue weighted by Crippen LogP contribution is 2.31. The molecular weight excluding hydrogens is 288 g/mol. The van der Waals surface area contributed by atoms with Gasteiger partial charge in [-0.2, -0.15) is 0 Å². The van der Waals surface area contributed by atoms with Crippen LogP contribution in [0.5, 0.6) is 0 Å². The average molecular weight is 310 g/mol. The van der Waals surface area contributed by atoms with Crippen LogP contribution in [0.1, 0.15) is 25.7 Å². The molecule has 2 unspecified atom stereocenters. The van der Waals surface area contributed by atoms with Gasteiger partial charge >= 0.3 is 0 Å². The fraction of sp³-hybridized carbons (Fsp3) is 0.533. The summed E-state index contributed by atoms with van der Waals surface area (Å²) in [5, 5.41) is 2.78. The maximum absolute atomic E-state index is 12.5. The molecule has 0 saturated heterocycles. The third-order valence-electron chi connectivity index (χ3n) is 4.09. The zero-order chi connectivity index (χ0) is 15.5. The summed E-state index contributed by atoms with van der Waals surface area (Å²) in [6.07, 6.45) is 5.03. The van der Waals surface area contributed by atoms with Crippen molar-refractivity contribution in [2.24, 2.45) is 17.6 Å². The standard InChI is InChI=1S/C15H22N2O3S/c1-21(19,20)14-9-5-4-8-13(14)17-15(18)12-7-3-2-6-11(12)10-16/h4-5,8-9,11-12H,2-3,6-7,10,16H2,1H3,(H,17,18). The van der Waals surface area contributed by atoms with Gasteiger partial charge in [0.1, 0.15) is 0 Å². The first-order valence-electron chi connectivity index (χ1n) is 7.23. The summed E-state index contributed by atoms with van der Waals surface area (Å²) in [7, 11) is -3.37. The van der Waals surface area contributed by atoms with Crippen LogP contribution in [0.15, 0.2) is 29.2 Å². The van der Waals surface area contributed by atoms with Gasteiger partial charge in [-0.3, -0.25) is 4.79 Å². The number of carbonyl (C=O) groups excluding carboxylic acids is 1. The minimum atomic E-state index is -3.37. The van der Waals surface area contributed by atoms with Gasteiger partial charge in [-0.05, 0) is 37.4 Å². The van der Waals surface area contributed by atoms with Crippen molar-refractivity contribution < 1.29 is 13.2 Å². The Morgan fingerprint density at radius 2 is 1.95 bits per heavy atom. The second-order valence-corrected chi connectivity index (χ2v) is 7.63. The van der Waals surface area contributed by atoms with Gasteiger partial charge in [-0.1, -0.05) is 25.0 Å². The zero-order valence-electron chi connectivity index (χ0n) is 12.2. The molecule has 21 heavy (non-hydrogen) atoms. The molecule has 3 N–H and O–H groups in total. The quantitative estimate of drug-likeness (QED) is 0.887. The summed E-state index contributed by atoms with van der Waals surface area (Å²) < 4.78 is 23.5. The van der Waals surface area contributed by atoms with Crippen LogP contribution < -0.4 is 11.1 Å². The van der Waals surface area contributed by atoms with Crippen molar-refractivity contribution in [1.82, 2.24) is 0 Å². The van der Waals surface area contributed by atoms with Crippen molar-refractivity contribution >= 4 is 21.4 Å². The van der Waals surface area contributed by atoms with Gasteiger partial charge in [-0.15, -0.1) is 0 Å². The summed E-state index contributed by atoms with van der Waals surface area (Å²) in [6, 6.07) is 6.49. The number of rotatable bonds is 4. The van der Waals surface area contributed by atoms with E-state index in [1.54, 1.807) is 18.2 Å². The second-order valence-electron chi connectivity index (χ2n) is 5.64. The lowest BCUT2D eigenvalue weighted by Gasteiger charge is -2.29. The molecule has 116 valence electrons. The van der Waals surface area contributed by atoms with Crippen LogP contribution >= 0.6 is 0 Å². The molecule has 1 amide bonds. The SMILES string of the molecule is CS(=O)(=O)c1ccccc1NC(=O)C1CCCCC1CN. The topological polar surface area (TPSA) is 89.3 Å². The van der Waals surface area contributed by atoms with Crippen molar-refractivity contribution in [2.45, 2.75) is 30.6 Å². The molecule has 0 aromatic heterocycles. The van der Waals surface area contributed by atoms with E-state index in [1.165, 1.54) is 6.07 Å². The highest BCUT2D eigenvalue weighted by atomic mass is 32.2. The molecular formula is C15H22N2O3S. The second kappa shape index (κ2) is 6.58. The summed E-state index contributed by atoms with van der Waals surface area (Å²) in [6.45, 7) is 0.492. The average Bonchev–Trinajstić information content (AvgIpc) is 2.46. The van der Waals surface area contributed by atoms with E-state index in [9.17, 15) is 13.2 Å². The van der Waals surface area contributed by atoms with Crippen LogP contribution in [-0.2, 0) is 14.6 Å². The van der Waals surface area contributed by atoms with Gasteiger partial charge in [0.15, 0.2) is 9.84 Å². The minimum absolute atomic E-state index is 0.124. The highest BCUT2D eigenvalue weighted by Gasteiger charge is 2.30. The van der Waals surface area contributed by atoms with Gasteiger partial charge in [0, 0.05) is 12.2 Å². The molecule has 1 saturated carbocycles. The van der Waals surface area contributed by atoms with E-state index < -0.39 is 9.84 Å². The van der Waals surface area contributed by atoms with E-state index in [4.69, 9.17) is 5.73 Å². The van der Waals surface area contributed by atoms with E-state index in [1.807, 2.05) is 0 Å². The van der Waals surface area contributed by atoms with Crippen LogP contribution in [0.3, 0.4) is 0 Å². The smallest absolute Gasteiger partial charge is 0.227 e. The van der Waals surface area contributed by atoms with Crippen LogP contribution in [0, 0.1) is 11.8 Å². The van der Waals surface area contributed by atoms with Gasteiger partial charge in [-0.25, -0.2) is 8.42 Å². The van der Waals surface area contributed by atoms with Gasteiger partial charge < -0.3 is 11.1 Å². The first-order chi connectivity index (χ1) is 9.93. The first-order valence-corrected chi connectivity index (χ1v) is 9.12. The van der Waals surface area contributed by atoms with E-state index in [0.717, 1.165) is 31.9 Å². The molecule has 1 aliphatic carbocycles. The van der Waals surface area contributed by atoms with Gasteiger partial charge in [0.2, 0.25) is 5.91 Å². The van der Waals surface area contributed by atoms with E-state index in [2.05, 4.69) is 5.32 Å². The van der Waals surface area contributed by atoms with Crippen LogP contribution in [-0.4, -0.2) is 27.1 Å². The van der Waals surface area contributed by atoms with Gasteiger partial charge in [0.25, 0.3) is 0 Å². The minimum Gasteiger partial charge on any atom is -0.330 e. The number of hydrogen-bond acceptors (Lipinski definition) is 4. The molecule has 0 bridgehead atoms. The van der Waals surface area contributed by atoms with Crippen LogP contribution in [0.4, 0.5) is 5.69 Å². The molecule has 0 aliphatic heterocycles. The third-order valence-corrected chi connectivity index (χ3v) is 5.25. The molecule has 5 nitrogen and oxygen atoms in total. The van der Waals surface area contributed by atoms with Crippen LogP contribution in [0.2, 0.25) is 0 Å². The maximum atomic E-state index is 12.5. The number of para-hydroxylation sites is 1. The first kappa shape index (κ1) is 16.0. The number of nitrogens with one attached hydrogen (secondary N) is 1. The Bertz CT molecular complexity index is 613. The van der Waals surface area contributed by atoms with Crippen molar-refractivity contribution in [3.8, 4) is 0 Å². The maximum Gasteiger partial charge on any atom is 0.227 e. The Labute approximate surface area is 125 Å². The number of nitrogens with two attached hydrogens (primary N) is 1. The molecule has 2 atom stereocenters. The fourth-order valence-electron chi connectivity index (χ4n) is 2.95. The Hall–Kier alpha value is -1.40. The van der Waals surface area contributed by atoms with Crippen molar-refractivity contribution in [1.29, 1.82) is 0 Å². The molecule has 0 spiro atoms. The number of amides is 1. The van der Waals surface area contributed by atoms with Gasteiger partial charge in [0.05, 0.1) is 10.6 Å². The van der Waals surface area contributed by atoms with E-state index >= 15 is 0 Å².